The number of urea groups is 1. The Balaban J connectivity index is 1.27. The highest BCUT2D eigenvalue weighted by molar-refractivity contribution is 8.04. The average molecular weight is 603 g/mol. The average Bonchev–Trinajstić information content (AvgIpc) is 3.44. The number of thioether (sulfide) groups is 1. The van der Waals surface area contributed by atoms with Gasteiger partial charge >= 0.3 is 6.03 Å². The maximum atomic E-state index is 14.8. The van der Waals surface area contributed by atoms with E-state index >= 15 is 0 Å². The number of aliphatic hydroxyl groups is 1. The molecule has 1 N–H and O–H groups in total. The second-order valence-corrected chi connectivity index (χ2v) is 11.7. The van der Waals surface area contributed by atoms with Crippen LogP contribution in [0.3, 0.4) is 0 Å². The summed E-state index contributed by atoms with van der Waals surface area (Å²) in [5.41, 5.74) is -0.983. The molecule has 216 valence electrons. The third-order valence-electron chi connectivity index (χ3n) is 7.17. The summed E-state index contributed by atoms with van der Waals surface area (Å²) in [6.07, 6.45) is 4.48. The monoisotopic (exact) mass is 602 g/mol. The Morgan fingerprint density at radius 2 is 1.88 bits per heavy atom. The lowest BCUT2D eigenvalue weighted by molar-refractivity contribution is -0.125. The van der Waals surface area contributed by atoms with E-state index in [1.165, 1.54) is 40.1 Å². The lowest BCUT2D eigenvalue weighted by atomic mass is 9.92. The largest absolute Gasteiger partial charge is 0.382 e. The number of carbonyl (C=O) groups excluding carboxylic acids is 2. The summed E-state index contributed by atoms with van der Waals surface area (Å²) in [5.74, 6) is -1.37. The van der Waals surface area contributed by atoms with E-state index in [2.05, 4.69) is 10.1 Å². The van der Waals surface area contributed by atoms with Gasteiger partial charge in [0.15, 0.2) is 0 Å². The molecule has 41 heavy (non-hydrogen) atoms. The van der Waals surface area contributed by atoms with Crippen LogP contribution in [0.15, 0.2) is 60.0 Å². The number of carbonyl (C=O) groups is 2. The number of imide groups is 1. The molecule has 5 rings (SSSR count). The van der Waals surface area contributed by atoms with E-state index in [-0.39, 0.29) is 36.6 Å². The van der Waals surface area contributed by atoms with E-state index in [0.29, 0.717) is 41.9 Å². The van der Waals surface area contributed by atoms with E-state index < -0.39 is 17.2 Å². The summed E-state index contributed by atoms with van der Waals surface area (Å²) in [6.45, 7) is 3.14. The number of β-amino-alcohol motifs (C(OH)–C–C–N with tert-alkyl or cyclic N) is 1. The standard InChI is InChI=1S/C28H29ClF2N6O3S/c1-19-14-41-25(12-20-2-4-21(29)5-3-20)26(38)37(19)27(39)35-10-8-34(9-11-35)15-28(40,16-36-18-32-17-33-36)23-7-6-22(30)13-24(23)31/h2-7,12-13,17-19,40H,8-11,14-16H2,1H3/b25-12-. The maximum Gasteiger partial charge on any atom is 0.327 e. The zero-order valence-electron chi connectivity index (χ0n) is 22.3. The minimum Gasteiger partial charge on any atom is -0.382 e. The molecule has 2 atom stereocenters. The predicted molar refractivity (Wildman–Crippen MR) is 152 cm³/mol. The van der Waals surface area contributed by atoms with Crippen LogP contribution in [0.25, 0.3) is 6.08 Å². The Bertz CT molecular complexity index is 1430. The lowest BCUT2D eigenvalue weighted by Gasteiger charge is -2.42. The van der Waals surface area contributed by atoms with E-state index in [4.69, 9.17) is 11.6 Å². The molecule has 1 aromatic heterocycles. The minimum absolute atomic E-state index is 0.0150. The Hall–Kier alpha value is -3.32. The molecule has 0 bridgehead atoms. The van der Waals surface area contributed by atoms with Crippen LogP contribution in [-0.4, -0.2) is 91.0 Å². The summed E-state index contributed by atoms with van der Waals surface area (Å²) in [5, 5.41) is 16.3. The zero-order valence-corrected chi connectivity index (χ0v) is 23.9. The number of hydrogen-bond donors (Lipinski definition) is 1. The van der Waals surface area contributed by atoms with E-state index in [9.17, 15) is 23.5 Å². The smallest absolute Gasteiger partial charge is 0.327 e. The van der Waals surface area contributed by atoms with Crippen molar-refractivity contribution >= 4 is 41.4 Å². The molecule has 2 aliphatic rings. The van der Waals surface area contributed by atoms with Crippen molar-refractivity contribution in [3.05, 3.63) is 87.8 Å². The molecule has 13 heteroatoms. The second-order valence-electron chi connectivity index (χ2n) is 10.2. The number of hydrogen-bond acceptors (Lipinski definition) is 7. The van der Waals surface area contributed by atoms with Gasteiger partial charge in [-0.25, -0.2) is 23.2 Å². The Morgan fingerprint density at radius 1 is 1.15 bits per heavy atom. The van der Waals surface area contributed by atoms with Crippen molar-refractivity contribution in [2.45, 2.75) is 25.1 Å². The number of piperazine rings is 1. The van der Waals surface area contributed by atoms with Crippen LogP contribution in [0.4, 0.5) is 13.6 Å². The van der Waals surface area contributed by atoms with E-state index in [1.807, 2.05) is 24.0 Å². The summed E-state index contributed by atoms with van der Waals surface area (Å²) >= 11 is 7.39. The van der Waals surface area contributed by atoms with Crippen molar-refractivity contribution in [1.29, 1.82) is 0 Å². The number of rotatable bonds is 6. The van der Waals surface area contributed by atoms with Crippen LogP contribution >= 0.6 is 23.4 Å². The minimum atomic E-state index is -1.74. The van der Waals surface area contributed by atoms with Gasteiger partial charge in [0, 0.05) is 61.2 Å². The Morgan fingerprint density at radius 3 is 2.54 bits per heavy atom. The SMILES string of the molecule is CC1CS/C(=C\c2ccc(Cl)cc2)C(=O)N1C(=O)N1CCN(CC(O)(Cn2cncn2)c2ccc(F)cc2F)CC1. The highest BCUT2D eigenvalue weighted by Crippen LogP contribution is 2.32. The third kappa shape index (κ3) is 6.61. The highest BCUT2D eigenvalue weighted by Gasteiger charge is 2.40. The van der Waals surface area contributed by atoms with Crippen molar-refractivity contribution in [2.75, 3.05) is 38.5 Å². The van der Waals surface area contributed by atoms with Crippen LogP contribution in [0, 0.1) is 11.6 Å². The molecular formula is C28H29ClF2N6O3S. The van der Waals surface area contributed by atoms with Crippen LogP contribution < -0.4 is 0 Å². The number of halogens is 3. The molecule has 2 fully saturated rings. The van der Waals surface area contributed by atoms with Gasteiger partial charge in [-0.1, -0.05) is 29.8 Å². The number of amides is 3. The molecule has 3 aromatic rings. The fraction of sp³-hybridized carbons (Fsp3) is 0.357. The first-order valence-electron chi connectivity index (χ1n) is 13.1. The third-order valence-corrected chi connectivity index (χ3v) is 8.68. The molecule has 2 aliphatic heterocycles. The zero-order chi connectivity index (χ0) is 29.1. The van der Waals surface area contributed by atoms with E-state index in [0.717, 1.165) is 17.7 Å². The van der Waals surface area contributed by atoms with Crippen molar-refractivity contribution in [3.8, 4) is 0 Å². The molecule has 0 aliphatic carbocycles. The molecule has 0 spiro atoms. The van der Waals surface area contributed by atoms with Gasteiger partial charge in [0.25, 0.3) is 5.91 Å². The normalized spacial score (nSPS) is 20.9. The highest BCUT2D eigenvalue weighted by atomic mass is 35.5. The van der Waals surface area contributed by atoms with E-state index in [1.54, 1.807) is 23.1 Å². The van der Waals surface area contributed by atoms with Crippen molar-refractivity contribution in [1.82, 2.24) is 29.5 Å². The first-order valence-corrected chi connectivity index (χ1v) is 14.4. The lowest BCUT2D eigenvalue weighted by Crippen LogP contribution is -2.58. The van der Waals surface area contributed by atoms with Gasteiger partial charge in [-0.2, -0.15) is 5.10 Å². The first-order chi connectivity index (χ1) is 19.6. The Labute approximate surface area is 245 Å². The van der Waals surface area contributed by atoms with Gasteiger partial charge < -0.3 is 10.0 Å². The van der Waals surface area contributed by atoms with Gasteiger partial charge in [-0.3, -0.25) is 14.6 Å². The van der Waals surface area contributed by atoms with Crippen LogP contribution in [0.1, 0.15) is 18.1 Å². The molecule has 0 radical (unpaired) electrons. The molecule has 0 saturated carbocycles. The first kappa shape index (κ1) is 29.2. The van der Waals surface area contributed by atoms with Crippen LogP contribution in [0.2, 0.25) is 5.02 Å². The fourth-order valence-corrected chi connectivity index (χ4v) is 6.18. The van der Waals surface area contributed by atoms with Gasteiger partial charge in [0.1, 0.15) is 29.9 Å². The summed E-state index contributed by atoms with van der Waals surface area (Å²) < 4.78 is 29.8. The van der Waals surface area contributed by atoms with Crippen LogP contribution in [-0.2, 0) is 16.9 Å². The molecule has 2 aromatic carbocycles. The molecular weight excluding hydrogens is 574 g/mol. The number of nitrogens with zero attached hydrogens (tertiary/aromatic N) is 6. The molecule has 9 nitrogen and oxygen atoms in total. The molecule has 2 unspecified atom stereocenters. The van der Waals surface area contributed by atoms with Crippen molar-refractivity contribution < 1.29 is 23.5 Å². The van der Waals surface area contributed by atoms with Crippen molar-refractivity contribution in [2.24, 2.45) is 0 Å². The predicted octanol–water partition coefficient (Wildman–Crippen LogP) is 3.84. The topological polar surface area (TPSA) is 94.8 Å². The second kappa shape index (κ2) is 12.3. The summed E-state index contributed by atoms with van der Waals surface area (Å²) in [4.78, 5) is 36.1. The van der Waals surface area contributed by atoms with Crippen LogP contribution in [0.5, 0.6) is 0 Å². The molecule has 3 amide bonds. The number of benzene rings is 2. The van der Waals surface area contributed by atoms with Gasteiger partial charge in [-0.15, -0.1) is 11.8 Å². The maximum absolute atomic E-state index is 14.8. The Kier molecular flexibility index (Phi) is 8.74. The van der Waals surface area contributed by atoms with Crippen molar-refractivity contribution in [3.63, 3.8) is 0 Å². The van der Waals surface area contributed by atoms with Gasteiger partial charge in [0.2, 0.25) is 0 Å². The quantitative estimate of drug-likeness (QED) is 0.429. The molecule has 2 saturated heterocycles. The van der Waals surface area contributed by atoms with Gasteiger partial charge in [-0.05, 0) is 36.8 Å². The number of aromatic nitrogens is 3. The van der Waals surface area contributed by atoms with Gasteiger partial charge in [0.05, 0.1) is 11.4 Å². The summed E-state index contributed by atoms with van der Waals surface area (Å²) in [7, 11) is 0. The molecule has 3 heterocycles. The summed E-state index contributed by atoms with van der Waals surface area (Å²) in [6, 6.07) is 9.54. The fourth-order valence-electron chi connectivity index (χ4n) is 5.04.